The highest BCUT2D eigenvalue weighted by molar-refractivity contribution is 6.31. The van der Waals surface area contributed by atoms with E-state index in [-0.39, 0.29) is 0 Å². The summed E-state index contributed by atoms with van der Waals surface area (Å²) in [6.45, 7) is 6.96. The van der Waals surface area contributed by atoms with Crippen LogP contribution in [0.4, 0.5) is 0 Å². The van der Waals surface area contributed by atoms with E-state index in [0.29, 0.717) is 11.3 Å². The summed E-state index contributed by atoms with van der Waals surface area (Å²) in [4.78, 5) is 0. The average molecular weight is 223 g/mol. The molecular weight excluding hydrogens is 204 g/mol. The lowest BCUT2D eigenvalue weighted by Crippen LogP contribution is -2.20. The molecule has 1 atom stereocenters. The summed E-state index contributed by atoms with van der Waals surface area (Å²) < 4.78 is 0. The number of hydrogen-bond acceptors (Lipinski definition) is 0. The van der Waals surface area contributed by atoms with Crippen LogP contribution < -0.4 is 0 Å². The second-order valence-electron chi connectivity index (χ2n) is 5.70. The highest BCUT2D eigenvalue weighted by atomic mass is 35.5. The van der Waals surface area contributed by atoms with Crippen molar-refractivity contribution in [2.45, 2.75) is 39.5 Å². The van der Waals surface area contributed by atoms with Crippen LogP contribution in [-0.4, -0.2) is 0 Å². The van der Waals surface area contributed by atoms with Crippen LogP contribution in [-0.2, 0) is 0 Å². The number of halogens is 1. The molecule has 0 aromatic heterocycles. The van der Waals surface area contributed by atoms with Crippen LogP contribution in [0.1, 0.15) is 45.1 Å². The molecule has 0 bridgehead atoms. The first-order valence-electron chi connectivity index (χ1n) is 5.74. The third-order valence-corrected chi connectivity index (χ3v) is 3.61. The molecule has 0 amide bonds. The molecule has 1 aromatic rings. The van der Waals surface area contributed by atoms with Crippen molar-refractivity contribution >= 4 is 11.6 Å². The summed E-state index contributed by atoms with van der Waals surface area (Å²) in [5, 5.41) is 0.935. The molecule has 0 radical (unpaired) electrons. The Morgan fingerprint density at radius 1 is 1.20 bits per heavy atom. The van der Waals surface area contributed by atoms with Gasteiger partial charge in [0.2, 0.25) is 0 Å². The minimum absolute atomic E-state index is 0.312. The van der Waals surface area contributed by atoms with Crippen LogP contribution in [0.25, 0.3) is 0 Å². The minimum Gasteiger partial charge on any atom is -0.0840 e. The van der Waals surface area contributed by atoms with E-state index in [1.54, 1.807) is 0 Å². The molecular formula is C14H19Cl. The lowest BCUT2D eigenvalue weighted by molar-refractivity contribution is 0.292. The van der Waals surface area contributed by atoms with Gasteiger partial charge in [-0.2, -0.15) is 0 Å². The van der Waals surface area contributed by atoms with Gasteiger partial charge in [-0.15, -0.1) is 0 Å². The van der Waals surface area contributed by atoms with E-state index >= 15 is 0 Å². The molecule has 15 heavy (non-hydrogen) atoms. The smallest absolute Gasteiger partial charge is 0.0441 e. The van der Waals surface area contributed by atoms with Crippen molar-refractivity contribution in [3.05, 3.63) is 34.9 Å². The van der Waals surface area contributed by atoms with Crippen molar-refractivity contribution in [2.75, 3.05) is 0 Å². The van der Waals surface area contributed by atoms with Crippen molar-refractivity contribution in [3.63, 3.8) is 0 Å². The molecule has 1 saturated carbocycles. The Morgan fingerprint density at radius 2 is 1.80 bits per heavy atom. The third kappa shape index (κ3) is 2.36. The molecule has 0 saturated heterocycles. The fourth-order valence-corrected chi connectivity index (χ4v) is 2.84. The molecule has 0 nitrogen and oxygen atoms in total. The van der Waals surface area contributed by atoms with Crippen molar-refractivity contribution in [1.82, 2.24) is 0 Å². The highest BCUT2D eigenvalue weighted by Gasteiger charge is 2.40. The van der Waals surface area contributed by atoms with Gasteiger partial charge in [-0.3, -0.25) is 0 Å². The van der Waals surface area contributed by atoms with E-state index in [1.165, 1.54) is 18.4 Å². The van der Waals surface area contributed by atoms with Crippen molar-refractivity contribution in [1.29, 1.82) is 0 Å². The van der Waals surface area contributed by atoms with Crippen LogP contribution in [0, 0.1) is 11.3 Å². The maximum Gasteiger partial charge on any atom is 0.0441 e. The van der Waals surface area contributed by atoms with Gasteiger partial charge >= 0.3 is 0 Å². The quantitative estimate of drug-likeness (QED) is 0.669. The Morgan fingerprint density at radius 3 is 2.27 bits per heavy atom. The molecule has 1 fully saturated rings. The average Bonchev–Trinajstić information content (AvgIpc) is 2.90. The van der Waals surface area contributed by atoms with E-state index < -0.39 is 0 Å². The molecule has 1 aromatic carbocycles. The van der Waals surface area contributed by atoms with Crippen LogP contribution in [0.15, 0.2) is 24.3 Å². The molecule has 0 N–H and O–H groups in total. The third-order valence-electron chi connectivity index (χ3n) is 3.27. The summed E-state index contributed by atoms with van der Waals surface area (Å²) in [7, 11) is 0. The number of hydrogen-bond donors (Lipinski definition) is 0. The predicted octanol–water partition coefficient (Wildman–Crippen LogP) is 4.88. The Labute approximate surface area is 97.6 Å². The van der Waals surface area contributed by atoms with Gasteiger partial charge in [0.25, 0.3) is 0 Å². The maximum absolute atomic E-state index is 6.30. The van der Waals surface area contributed by atoms with Gasteiger partial charge in [0, 0.05) is 5.02 Å². The van der Waals surface area contributed by atoms with E-state index in [2.05, 4.69) is 32.9 Å². The second-order valence-corrected chi connectivity index (χ2v) is 6.11. The van der Waals surface area contributed by atoms with Crippen molar-refractivity contribution in [2.24, 2.45) is 11.3 Å². The second kappa shape index (κ2) is 3.83. The van der Waals surface area contributed by atoms with Crippen molar-refractivity contribution in [3.8, 4) is 0 Å². The largest absolute Gasteiger partial charge is 0.0840 e. The molecule has 82 valence electrons. The van der Waals surface area contributed by atoms with Gasteiger partial charge < -0.3 is 0 Å². The standard InChI is InChI=1S/C14H19Cl/c1-14(2,3)13(10-8-9-10)11-6-4-5-7-12(11)15/h4-7,10,13H,8-9H2,1-3H3. The summed E-state index contributed by atoms with van der Waals surface area (Å²) in [6, 6.07) is 8.31. The summed E-state index contributed by atoms with van der Waals surface area (Å²) in [5.74, 6) is 1.47. The summed E-state index contributed by atoms with van der Waals surface area (Å²) in [6.07, 6.45) is 2.74. The van der Waals surface area contributed by atoms with E-state index in [4.69, 9.17) is 11.6 Å². The Bertz CT molecular complexity index is 345. The van der Waals surface area contributed by atoms with E-state index in [9.17, 15) is 0 Å². The first kappa shape index (κ1) is 11.0. The van der Waals surface area contributed by atoms with Gasteiger partial charge in [0.1, 0.15) is 0 Å². The molecule has 1 aliphatic carbocycles. The monoisotopic (exact) mass is 222 g/mol. The lowest BCUT2D eigenvalue weighted by atomic mass is 9.73. The predicted molar refractivity (Wildman–Crippen MR) is 66.4 cm³/mol. The SMILES string of the molecule is CC(C)(C)C(c1ccccc1Cl)C1CC1. The van der Waals surface area contributed by atoms with Gasteiger partial charge in [0.05, 0.1) is 0 Å². The fourth-order valence-electron chi connectivity index (χ4n) is 2.58. The summed E-state index contributed by atoms with van der Waals surface area (Å²) >= 11 is 6.30. The molecule has 1 unspecified atom stereocenters. The molecule has 1 aliphatic rings. The molecule has 2 rings (SSSR count). The van der Waals surface area contributed by atoms with Gasteiger partial charge in [-0.05, 0) is 41.7 Å². The topological polar surface area (TPSA) is 0 Å². The zero-order chi connectivity index (χ0) is 11.1. The van der Waals surface area contributed by atoms with Gasteiger partial charge in [0.15, 0.2) is 0 Å². The first-order chi connectivity index (χ1) is 7.00. The van der Waals surface area contributed by atoms with Crippen LogP contribution in [0.3, 0.4) is 0 Å². The Balaban J connectivity index is 2.37. The Hall–Kier alpha value is -0.490. The minimum atomic E-state index is 0.312. The lowest BCUT2D eigenvalue weighted by Gasteiger charge is -2.32. The maximum atomic E-state index is 6.30. The van der Waals surface area contributed by atoms with Crippen LogP contribution in [0.5, 0.6) is 0 Å². The Kier molecular flexibility index (Phi) is 2.81. The number of benzene rings is 1. The molecule has 0 spiro atoms. The van der Waals surface area contributed by atoms with Crippen molar-refractivity contribution < 1.29 is 0 Å². The summed E-state index contributed by atoms with van der Waals surface area (Å²) in [5.41, 5.74) is 1.65. The van der Waals surface area contributed by atoms with Gasteiger partial charge in [-0.25, -0.2) is 0 Å². The molecule has 1 heteroatoms. The van der Waals surface area contributed by atoms with E-state index in [1.807, 2.05) is 12.1 Å². The van der Waals surface area contributed by atoms with E-state index in [0.717, 1.165) is 10.9 Å². The fraction of sp³-hybridized carbons (Fsp3) is 0.571. The molecule has 0 heterocycles. The van der Waals surface area contributed by atoms with Crippen LogP contribution in [0.2, 0.25) is 5.02 Å². The highest BCUT2D eigenvalue weighted by Crippen LogP contribution is 2.52. The zero-order valence-electron chi connectivity index (χ0n) is 9.76. The van der Waals surface area contributed by atoms with Crippen LogP contribution >= 0.6 is 11.6 Å². The normalized spacial score (nSPS) is 18.9. The number of rotatable bonds is 2. The first-order valence-corrected chi connectivity index (χ1v) is 6.12. The zero-order valence-corrected chi connectivity index (χ0v) is 10.5. The molecule has 0 aliphatic heterocycles. The van der Waals surface area contributed by atoms with Gasteiger partial charge in [-0.1, -0.05) is 50.6 Å².